The number of carbonyl (C=O) groups excluding carboxylic acids is 2. The minimum Gasteiger partial charge on any atom is -0.350 e. The molecule has 1 aromatic heterocycles. The molecule has 136 valence electrons. The normalized spacial score (nSPS) is 10.6. The van der Waals surface area contributed by atoms with E-state index in [1.54, 1.807) is 24.7 Å². The summed E-state index contributed by atoms with van der Waals surface area (Å²) in [5, 5.41) is 11.8. The molecule has 0 saturated carbocycles. The first-order chi connectivity index (χ1) is 12.7. The minimum absolute atomic E-state index is 0.0616. The van der Waals surface area contributed by atoms with Gasteiger partial charge in [-0.1, -0.05) is 30.3 Å². The molecule has 0 aliphatic rings. The van der Waals surface area contributed by atoms with Crippen molar-refractivity contribution < 1.29 is 9.59 Å². The molecule has 0 radical (unpaired) electrons. The quantitative estimate of drug-likeness (QED) is 0.285. The number of pyridine rings is 1. The van der Waals surface area contributed by atoms with E-state index in [2.05, 4.69) is 26.0 Å². The van der Waals surface area contributed by atoms with E-state index in [-0.39, 0.29) is 24.9 Å². The monoisotopic (exact) mass is 354 g/mol. The summed E-state index contributed by atoms with van der Waals surface area (Å²) >= 11 is 0. The summed E-state index contributed by atoms with van der Waals surface area (Å²) in [7, 11) is 0. The topological polar surface area (TPSA) is 121 Å². The molecule has 2 amide bonds. The fourth-order valence-electron chi connectivity index (χ4n) is 2.14. The third kappa shape index (κ3) is 7.10. The second-order valence-corrected chi connectivity index (χ2v) is 5.54. The molecule has 8 heteroatoms. The average molecular weight is 354 g/mol. The van der Waals surface area contributed by atoms with Gasteiger partial charge in [-0.15, -0.1) is 0 Å². The molecule has 0 unspecified atom stereocenters. The highest BCUT2D eigenvalue weighted by atomic mass is 16.2. The van der Waals surface area contributed by atoms with Gasteiger partial charge in [0.1, 0.15) is 0 Å². The maximum atomic E-state index is 11.8. The number of hydrogen-bond acceptors (Lipinski definition) is 6. The summed E-state index contributed by atoms with van der Waals surface area (Å²) in [6, 6.07) is 11.3. The van der Waals surface area contributed by atoms with E-state index in [0.717, 1.165) is 16.7 Å². The number of aromatic nitrogens is 1. The Balaban J connectivity index is 1.60. The van der Waals surface area contributed by atoms with Crippen LogP contribution in [0.15, 0.2) is 53.9 Å². The Morgan fingerprint density at radius 2 is 1.77 bits per heavy atom. The first kappa shape index (κ1) is 19.1. The first-order valence-corrected chi connectivity index (χ1v) is 8.12. The van der Waals surface area contributed by atoms with Crippen LogP contribution in [0.5, 0.6) is 0 Å². The van der Waals surface area contributed by atoms with E-state index in [0.29, 0.717) is 13.1 Å². The van der Waals surface area contributed by atoms with Crippen LogP contribution in [0, 0.1) is 0 Å². The van der Waals surface area contributed by atoms with Gasteiger partial charge in [0.05, 0.1) is 19.3 Å². The number of hydrazone groups is 1. The zero-order chi connectivity index (χ0) is 18.6. The van der Waals surface area contributed by atoms with Crippen molar-refractivity contribution >= 4 is 18.0 Å². The molecular formula is C18H22N6O2. The molecule has 1 heterocycles. The number of benzene rings is 1. The lowest BCUT2D eigenvalue weighted by Gasteiger charge is -2.08. The molecular weight excluding hydrogens is 332 g/mol. The molecule has 0 spiro atoms. The van der Waals surface area contributed by atoms with Gasteiger partial charge in [-0.25, -0.2) is 0 Å². The molecule has 0 bridgehead atoms. The van der Waals surface area contributed by atoms with Crippen molar-refractivity contribution in [3.05, 3.63) is 65.5 Å². The molecule has 0 aliphatic carbocycles. The van der Waals surface area contributed by atoms with Crippen molar-refractivity contribution in [3.63, 3.8) is 0 Å². The predicted molar refractivity (Wildman–Crippen MR) is 99.0 cm³/mol. The molecule has 2 rings (SSSR count). The Bertz CT molecular complexity index is 731. The van der Waals surface area contributed by atoms with Crippen LogP contribution in [0.3, 0.4) is 0 Å². The van der Waals surface area contributed by atoms with Gasteiger partial charge >= 0.3 is 0 Å². The summed E-state index contributed by atoms with van der Waals surface area (Å²) < 4.78 is 0. The van der Waals surface area contributed by atoms with Gasteiger partial charge in [0.15, 0.2) is 0 Å². The highest BCUT2D eigenvalue weighted by Gasteiger charge is 2.05. The first-order valence-electron chi connectivity index (χ1n) is 8.12. The van der Waals surface area contributed by atoms with Crippen molar-refractivity contribution in [3.8, 4) is 0 Å². The van der Waals surface area contributed by atoms with Crippen LogP contribution in [0.25, 0.3) is 0 Å². The predicted octanol–water partition coefficient (Wildman–Crippen LogP) is -0.104. The van der Waals surface area contributed by atoms with E-state index >= 15 is 0 Å². The lowest BCUT2D eigenvalue weighted by atomic mass is 10.1. The van der Waals surface area contributed by atoms with E-state index in [4.69, 9.17) is 5.84 Å². The van der Waals surface area contributed by atoms with Gasteiger partial charge in [0.25, 0.3) is 0 Å². The Kier molecular flexibility index (Phi) is 7.75. The molecule has 2 aromatic rings. The fourth-order valence-corrected chi connectivity index (χ4v) is 2.14. The molecule has 1 aromatic carbocycles. The van der Waals surface area contributed by atoms with Gasteiger partial charge in [-0.2, -0.15) is 5.10 Å². The number of carbonyl (C=O) groups is 2. The van der Waals surface area contributed by atoms with Crippen LogP contribution in [-0.2, 0) is 22.7 Å². The smallest absolute Gasteiger partial charge is 0.239 e. The second-order valence-electron chi connectivity index (χ2n) is 5.54. The maximum Gasteiger partial charge on any atom is 0.239 e. The summed E-state index contributed by atoms with van der Waals surface area (Å²) in [6.07, 6.45) is 4.91. The van der Waals surface area contributed by atoms with E-state index < -0.39 is 0 Å². The average Bonchev–Trinajstić information content (AvgIpc) is 2.67. The Labute approximate surface area is 151 Å². The van der Waals surface area contributed by atoms with E-state index in [1.807, 2.05) is 30.3 Å². The Morgan fingerprint density at radius 3 is 2.46 bits per heavy atom. The van der Waals surface area contributed by atoms with Gasteiger partial charge in [0.2, 0.25) is 11.8 Å². The second kappa shape index (κ2) is 10.6. The number of nitrogens with two attached hydrogens (primary N) is 1. The van der Waals surface area contributed by atoms with Gasteiger partial charge < -0.3 is 21.8 Å². The standard InChI is InChI=1S/C18H22N6O2/c19-24-11-15-5-3-14(4-6-15)8-21-12-17(25)23-13-18(26)22-10-16-2-1-7-20-9-16/h1-7,9,11,21H,8,10,12-13,19H2,(H,22,26)(H,23,25). The van der Waals surface area contributed by atoms with Crippen molar-refractivity contribution in [1.82, 2.24) is 20.9 Å². The lowest BCUT2D eigenvalue weighted by Crippen LogP contribution is -2.40. The summed E-state index contributed by atoms with van der Waals surface area (Å²) in [4.78, 5) is 27.4. The number of nitrogens with zero attached hydrogens (tertiary/aromatic N) is 2. The molecule has 0 fully saturated rings. The van der Waals surface area contributed by atoms with Crippen molar-refractivity contribution in [2.75, 3.05) is 13.1 Å². The highest BCUT2D eigenvalue weighted by molar-refractivity contribution is 5.85. The number of nitrogens with one attached hydrogen (secondary N) is 3. The van der Waals surface area contributed by atoms with Crippen LogP contribution in [0.1, 0.15) is 16.7 Å². The minimum atomic E-state index is -0.251. The van der Waals surface area contributed by atoms with Crippen molar-refractivity contribution in [2.45, 2.75) is 13.1 Å². The molecule has 5 N–H and O–H groups in total. The zero-order valence-corrected chi connectivity index (χ0v) is 14.3. The lowest BCUT2D eigenvalue weighted by molar-refractivity contribution is -0.125. The van der Waals surface area contributed by atoms with Crippen molar-refractivity contribution in [1.29, 1.82) is 0 Å². The van der Waals surface area contributed by atoms with Gasteiger partial charge in [-0.05, 0) is 22.8 Å². The summed E-state index contributed by atoms with van der Waals surface area (Å²) in [6.45, 7) is 0.988. The summed E-state index contributed by atoms with van der Waals surface area (Å²) in [5.74, 6) is 4.60. The Morgan fingerprint density at radius 1 is 1.00 bits per heavy atom. The zero-order valence-electron chi connectivity index (χ0n) is 14.3. The van der Waals surface area contributed by atoms with Crippen LogP contribution in [-0.4, -0.2) is 36.1 Å². The number of amides is 2. The van der Waals surface area contributed by atoms with Crippen LogP contribution in [0.4, 0.5) is 0 Å². The molecule has 8 nitrogen and oxygen atoms in total. The molecule has 0 saturated heterocycles. The Hall–Kier alpha value is -3.26. The molecule has 0 atom stereocenters. The van der Waals surface area contributed by atoms with Crippen LogP contribution < -0.4 is 21.8 Å². The highest BCUT2D eigenvalue weighted by Crippen LogP contribution is 2.01. The maximum absolute atomic E-state index is 11.8. The molecule has 26 heavy (non-hydrogen) atoms. The van der Waals surface area contributed by atoms with Gasteiger partial charge in [0, 0.05) is 25.5 Å². The van der Waals surface area contributed by atoms with Gasteiger partial charge in [-0.3, -0.25) is 14.6 Å². The number of hydrogen-bond donors (Lipinski definition) is 4. The van der Waals surface area contributed by atoms with Crippen LogP contribution in [0.2, 0.25) is 0 Å². The van der Waals surface area contributed by atoms with E-state index in [1.165, 1.54) is 0 Å². The SMILES string of the molecule is NN=Cc1ccc(CNCC(=O)NCC(=O)NCc2cccnc2)cc1. The third-order valence-electron chi connectivity index (χ3n) is 3.48. The number of rotatable bonds is 9. The summed E-state index contributed by atoms with van der Waals surface area (Å²) in [5.41, 5.74) is 2.84. The molecule has 0 aliphatic heterocycles. The van der Waals surface area contributed by atoms with Crippen LogP contribution >= 0.6 is 0 Å². The van der Waals surface area contributed by atoms with Crippen molar-refractivity contribution in [2.24, 2.45) is 10.9 Å². The largest absolute Gasteiger partial charge is 0.350 e. The van der Waals surface area contributed by atoms with E-state index in [9.17, 15) is 9.59 Å². The fraction of sp³-hybridized carbons (Fsp3) is 0.222. The third-order valence-corrected chi connectivity index (χ3v) is 3.48.